The Labute approximate surface area is 118 Å². The molecular weight excluding hydrogens is 321 g/mol. The predicted octanol–water partition coefficient (Wildman–Crippen LogP) is 4.13. The molecule has 17 heavy (non-hydrogen) atoms. The summed E-state index contributed by atoms with van der Waals surface area (Å²) in [5, 5.41) is 0. The minimum atomic E-state index is 0.329. The van der Waals surface area contributed by atoms with Crippen molar-refractivity contribution in [3.8, 4) is 0 Å². The number of halogens is 1. The van der Waals surface area contributed by atoms with Crippen LogP contribution in [-0.4, -0.2) is 6.04 Å². The molecule has 1 aliphatic carbocycles. The Morgan fingerprint density at radius 3 is 2.35 bits per heavy atom. The molecule has 0 aromatic heterocycles. The van der Waals surface area contributed by atoms with Crippen LogP contribution in [0.2, 0.25) is 0 Å². The van der Waals surface area contributed by atoms with Gasteiger partial charge in [0, 0.05) is 9.61 Å². The summed E-state index contributed by atoms with van der Waals surface area (Å²) in [6, 6.07) is 9.13. The summed E-state index contributed by atoms with van der Waals surface area (Å²) in [6.07, 6.45) is 7.66. The molecule has 1 aromatic carbocycles. The van der Waals surface area contributed by atoms with Gasteiger partial charge in [-0.2, -0.15) is 0 Å². The molecule has 0 heterocycles. The molecular formula is C15H22IN. The van der Waals surface area contributed by atoms with E-state index >= 15 is 0 Å². The Bertz CT molecular complexity index is 352. The van der Waals surface area contributed by atoms with Gasteiger partial charge in [-0.1, -0.05) is 31.9 Å². The summed E-state index contributed by atoms with van der Waals surface area (Å²) in [6.45, 7) is 2.30. The van der Waals surface area contributed by atoms with E-state index in [9.17, 15) is 0 Å². The molecule has 1 fully saturated rings. The van der Waals surface area contributed by atoms with E-state index in [4.69, 9.17) is 5.73 Å². The predicted molar refractivity (Wildman–Crippen MR) is 82.0 cm³/mol. The molecule has 0 radical (unpaired) electrons. The van der Waals surface area contributed by atoms with E-state index in [0.29, 0.717) is 11.5 Å². The largest absolute Gasteiger partial charge is 0.327 e. The van der Waals surface area contributed by atoms with Crippen molar-refractivity contribution in [3.63, 3.8) is 0 Å². The van der Waals surface area contributed by atoms with Gasteiger partial charge in [0.25, 0.3) is 0 Å². The Balaban J connectivity index is 2.05. The van der Waals surface area contributed by atoms with Crippen molar-refractivity contribution in [1.82, 2.24) is 0 Å². The molecule has 2 rings (SSSR count). The highest BCUT2D eigenvalue weighted by atomic mass is 127. The number of benzene rings is 1. The molecule has 0 bridgehead atoms. The van der Waals surface area contributed by atoms with Crippen LogP contribution >= 0.6 is 22.6 Å². The average Bonchev–Trinajstić information content (AvgIpc) is 2.82. The number of hydrogen-bond donors (Lipinski definition) is 1. The van der Waals surface area contributed by atoms with Gasteiger partial charge in [0.15, 0.2) is 0 Å². The molecule has 1 nitrogen and oxygen atoms in total. The van der Waals surface area contributed by atoms with E-state index in [1.165, 1.54) is 41.2 Å². The fourth-order valence-electron chi connectivity index (χ4n) is 3.16. The van der Waals surface area contributed by atoms with Crippen LogP contribution in [0, 0.1) is 8.99 Å². The second-order valence-electron chi connectivity index (χ2n) is 5.36. The Kier molecular flexibility index (Phi) is 4.47. The Morgan fingerprint density at radius 1 is 1.24 bits per heavy atom. The topological polar surface area (TPSA) is 26.0 Å². The minimum Gasteiger partial charge on any atom is -0.327 e. The molecule has 1 aliphatic rings. The third-order valence-corrected chi connectivity index (χ3v) is 5.18. The number of rotatable bonds is 4. The van der Waals surface area contributed by atoms with Crippen LogP contribution in [0.4, 0.5) is 0 Å². The molecule has 94 valence electrons. The molecule has 1 atom stereocenters. The zero-order chi connectivity index (χ0) is 12.3. The monoisotopic (exact) mass is 343 g/mol. The van der Waals surface area contributed by atoms with E-state index in [2.05, 4.69) is 53.8 Å². The zero-order valence-corrected chi connectivity index (χ0v) is 12.7. The number of hydrogen-bond acceptors (Lipinski definition) is 1. The highest BCUT2D eigenvalue weighted by molar-refractivity contribution is 14.1. The SMILES string of the molecule is CCC1(C(N)Cc2ccc(I)cc2)CCCC1. The van der Waals surface area contributed by atoms with E-state index in [1.54, 1.807) is 0 Å². The summed E-state index contributed by atoms with van der Waals surface area (Å²) in [5.74, 6) is 0. The van der Waals surface area contributed by atoms with Crippen LogP contribution in [0.3, 0.4) is 0 Å². The third-order valence-electron chi connectivity index (χ3n) is 4.46. The smallest absolute Gasteiger partial charge is 0.0136 e. The van der Waals surface area contributed by atoms with Crippen molar-refractivity contribution in [1.29, 1.82) is 0 Å². The van der Waals surface area contributed by atoms with Gasteiger partial charge in [0.2, 0.25) is 0 Å². The molecule has 2 heteroatoms. The lowest BCUT2D eigenvalue weighted by Gasteiger charge is -2.34. The molecule has 1 aromatic rings. The second kappa shape index (κ2) is 5.70. The van der Waals surface area contributed by atoms with Gasteiger partial charge in [-0.3, -0.25) is 0 Å². The van der Waals surface area contributed by atoms with Crippen molar-refractivity contribution in [2.75, 3.05) is 0 Å². The lowest BCUT2D eigenvalue weighted by Crippen LogP contribution is -2.41. The van der Waals surface area contributed by atoms with Crippen LogP contribution in [0.5, 0.6) is 0 Å². The molecule has 0 spiro atoms. The van der Waals surface area contributed by atoms with Gasteiger partial charge in [-0.05, 0) is 71.4 Å². The lowest BCUT2D eigenvalue weighted by molar-refractivity contribution is 0.219. The summed E-state index contributed by atoms with van der Waals surface area (Å²) in [7, 11) is 0. The third kappa shape index (κ3) is 3.02. The standard InChI is InChI=1S/C15H22IN/c1-2-15(9-3-4-10-15)14(17)11-12-5-7-13(16)8-6-12/h5-8,14H,2-4,9-11,17H2,1H3. The first-order valence-corrected chi connectivity index (χ1v) is 7.74. The van der Waals surface area contributed by atoms with Gasteiger partial charge in [0.1, 0.15) is 0 Å². The lowest BCUT2D eigenvalue weighted by atomic mass is 9.74. The van der Waals surface area contributed by atoms with Crippen LogP contribution in [0.1, 0.15) is 44.6 Å². The van der Waals surface area contributed by atoms with Gasteiger partial charge in [-0.25, -0.2) is 0 Å². The van der Waals surface area contributed by atoms with Crippen molar-refractivity contribution >= 4 is 22.6 Å². The van der Waals surface area contributed by atoms with Gasteiger partial charge < -0.3 is 5.73 Å². The Hall–Kier alpha value is -0.0900. The van der Waals surface area contributed by atoms with Gasteiger partial charge in [-0.15, -0.1) is 0 Å². The molecule has 1 saturated carbocycles. The van der Waals surface area contributed by atoms with Crippen LogP contribution < -0.4 is 5.73 Å². The van der Waals surface area contributed by atoms with E-state index in [0.717, 1.165) is 6.42 Å². The summed E-state index contributed by atoms with van der Waals surface area (Å²) in [5.41, 5.74) is 8.30. The first-order valence-electron chi connectivity index (χ1n) is 6.66. The quantitative estimate of drug-likeness (QED) is 0.818. The molecule has 0 saturated heterocycles. The molecule has 2 N–H and O–H groups in total. The van der Waals surface area contributed by atoms with Crippen molar-refractivity contribution in [2.24, 2.45) is 11.1 Å². The Morgan fingerprint density at radius 2 is 1.82 bits per heavy atom. The van der Waals surface area contributed by atoms with Crippen molar-refractivity contribution < 1.29 is 0 Å². The number of nitrogens with two attached hydrogens (primary N) is 1. The first-order chi connectivity index (χ1) is 8.16. The normalized spacial score (nSPS) is 20.4. The fraction of sp³-hybridized carbons (Fsp3) is 0.600. The summed E-state index contributed by atoms with van der Waals surface area (Å²) in [4.78, 5) is 0. The summed E-state index contributed by atoms with van der Waals surface area (Å²) >= 11 is 2.35. The van der Waals surface area contributed by atoms with Crippen molar-refractivity contribution in [3.05, 3.63) is 33.4 Å². The average molecular weight is 343 g/mol. The van der Waals surface area contributed by atoms with E-state index < -0.39 is 0 Å². The van der Waals surface area contributed by atoms with E-state index in [-0.39, 0.29) is 0 Å². The second-order valence-corrected chi connectivity index (χ2v) is 6.61. The first kappa shape index (κ1) is 13.3. The molecule has 1 unspecified atom stereocenters. The van der Waals surface area contributed by atoms with Crippen LogP contribution in [0.25, 0.3) is 0 Å². The highest BCUT2D eigenvalue weighted by Crippen LogP contribution is 2.43. The molecule has 0 amide bonds. The highest BCUT2D eigenvalue weighted by Gasteiger charge is 2.37. The molecule has 0 aliphatic heterocycles. The maximum Gasteiger partial charge on any atom is 0.0136 e. The maximum absolute atomic E-state index is 6.49. The maximum atomic E-state index is 6.49. The van der Waals surface area contributed by atoms with Crippen LogP contribution in [0.15, 0.2) is 24.3 Å². The van der Waals surface area contributed by atoms with Crippen LogP contribution in [-0.2, 0) is 6.42 Å². The minimum absolute atomic E-state index is 0.329. The van der Waals surface area contributed by atoms with Gasteiger partial charge in [0.05, 0.1) is 0 Å². The van der Waals surface area contributed by atoms with E-state index in [1.807, 2.05) is 0 Å². The zero-order valence-electron chi connectivity index (χ0n) is 10.6. The van der Waals surface area contributed by atoms with Gasteiger partial charge >= 0.3 is 0 Å². The fourth-order valence-corrected chi connectivity index (χ4v) is 3.52. The summed E-state index contributed by atoms with van der Waals surface area (Å²) < 4.78 is 1.30. The van der Waals surface area contributed by atoms with Crippen molar-refractivity contribution in [2.45, 2.75) is 51.5 Å².